The zero-order valence-corrected chi connectivity index (χ0v) is 21.0. The van der Waals surface area contributed by atoms with Crippen molar-refractivity contribution in [2.75, 3.05) is 24.9 Å². The van der Waals surface area contributed by atoms with Crippen molar-refractivity contribution in [1.82, 2.24) is 4.90 Å². The van der Waals surface area contributed by atoms with Gasteiger partial charge >= 0.3 is 6.18 Å². The Morgan fingerprint density at radius 3 is 2.62 bits per heavy atom. The van der Waals surface area contributed by atoms with Crippen LogP contribution in [0.3, 0.4) is 0 Å². The van der Waals surface area contributed by atoms with E-state index in [0.717, 1.165) is 34.4 Å². The lowest BCUT2D eigenvalue weighted by atomic mass is 10.1. The summed E-state index contributed by atoms with van der Waals surface area (Å²) in [5, 5.41) is 0.550. The molecule has 0 amide bonds. The molecule has 1 fully saturated rings. The number of hydrogen-bond acceptors (Lipinski definition) is 6. The molecule has 1 atom stereocenters. The summed E-state index contributed by atoms with van der Waals surface area (Å²) in [4.78, 5) is 2.74. The third-order valence-corrected chi connectivity index (χ3v) is 9.66. The predicted octanol–water partition coefficient (Wildman–Crippen LogP) is 6.46. The maximum absolute atomic E-state index is 13.5. The van der Waals surface area contributed by atoms with E-state index in [1.807, 2.05) is 24.1 Å². The fraction of sp³-hybridized carbons (Fsp3) is 0.273. The molecular weight excluding hydrogens is 529 g/mol. The van der Waals surface area contributed by atoms with Gasteiger partial charge in [-0.1, -0.05) is 35.5 Å². The Labute approximate surface area is 208 Å². The molecule has 12 heteroatoms. The van der Waals surface area contributed by atoms with E-state index >= 15 is 0 Å². The largest absolute Gasteiger partial charge is 0.488 e. The van der Waals surface area contributed by atoms with E-state index < -0.39 is 33.6 Å². The Morgan fingerprint density at radius 1 is 1.18 bits per heavy atom. The molecule has 4 rings (SSSR count). The third-order valence-electron chi connectivity index (χ3n) is 5.05. The van der Waals surface area contributed by atoms with Gasteiger partial charge in [-0.2, -0.15) is 13.2 Å². The number of hydrogen-bond donors (Lipinski definition) is 1. The van der Waals surface area contributed by atoms with Crippen molar-refractivity contribution in [1.29, 1.82) is 0 Å². The summed E-state index contributed by atoms with van der Waals surface area (Å²) >= 11 is 8.53. The van der Waals surface area contributed by atoms with Crippen molar-refractivity contribution in [3.05, 3.63) is 65.2 Å². The summed E-state index contributed by atoms with van der Waals surface area (Å²) < 4.78 is 75.1. The van der Waals surface area contributed by atoms with Gasteiger partial charge in [0.1, 0.15) is 16.1 Å². The third kappa shape index (κ3) is 6.01. The van der Waals surface area contributed by atoms with Gasteiger partial charge in [-0.15, -0.1) is 11.3 Å². The number of anilines is 1. The van der Waals surface area contributed by atoms with E-state index in [1.54, 1.807) is 18.2 Å². The van der Waals surface area contributed by atoms with Crippen LogP contribution in [-0.2, 0) is 16.2 Å². The lowest BCUT2D eigenvalue weighted by Crippen LogP contribution is -2.23. The van der Waals surface area contributed by atoms with E-state index in [4.69, 9.17) is 16.3 Å². The maximum Gasteiger partial charge on any atom is 0.419 e. The van der Waals surface area contributed by atoms with Crippen molar-refractivity contribution in [3.63, 3.8) is 0 Å². The van der Waals surface area contributed by atoms with Gasteiger partial charge in [0.15, 0.2) is 0 Å². The molecular formula is C22H20ClF3N2O3S3. The van der Waals surface area contributed by atoms with Gasteiger partial charge in [-0.25, -0.2) is 8.42 Å². The van der Waals surface area contributed by atoms with Gasteiger partial charge < -0.3 is 9.64 Å². The van der Waals surface area contributed by atoms with Gasteiger partial charge in [0, 0.05) is 24.1 Å². The van der Waals surface area contributed by atoms with Crippen molar-refractivity contribution in [2.45, 2.75) is 32.0 Å². The molecule has 34 heavy (non-hydrogen) atoms. The molecule has 5 nitrogen and oxygen atoms in total. The minimum absolute atomic E-state index is 0.0111. The summed E-state index contributed by atoms with van der Waals surface area (Å²) in [6.07, 6.45) is -4.44. The van der Waals surface area contributed by atoms with Crippen LogP contribution in [0.1, 0.15) is 12.0 Å². The van der Waals surface area contributed by atoms with Crippen LogP contribution in [0, 0.1) is 0 Å². The number of sulfonamides is 1. The molecule has 0 aliphatic carbocycles. The second-order valence-corrected chi connectivity index (χ2v) is 12.5. The maximum atomic E-state index is 13.5. The quantitative estimate of drug-likeness (QED) is 0.367. The van der Waals surface area contributed by atoms with Gasteiger partial charge in [0.05, 0.1) is 20.5 Å². The number of halogens is 4. The van der Waals surface area contributed by atoms with Crippen LogP contribution in [-0.4, -0.2) is 39.6 Å². The summed E-state index contributed by atoms with van der Waals surface area (Å²) in [6, 6.07) is 13.3. The molecule has 1 aromatic heterocycles. The van der Waals surface area contributed by atoms with Gasteiger partial charge in [0.2, 0.25) is 0 Å². The molecule has 0 radical (unpaired) electrons. The summed E-state index contributed by atoms with van der Waals surface area (Å²) in [5.74, 6) is -0.394. The highest BCUT2D eigenvalue weighted by Gasteiger charge is 2.36. The lowest BCUT2D eigenvalue weighted by Gasteiger charge is -2.19. The Morgan fingerprint density at radius 2 is 1.94 bits per heavy atom. The molecule has 0 saturated carbocycles. The average molecular weight is 549 g/mol. The van der Waals surface area contributed by atoms with Crippen LogP contribution < -0.4 is 9.46 Å². The highest BCUT2D eigenvalue weighted by atomic mass is 35.5. The highest BCUT2D eigenvalue weighted by Crippen LogP contribution is 2.40. The van der Waals surface area contributed by atoms with Crippen molar-refractivity contribution in [3.8, 4) is 5.75 Å². The minimum atomic E-state index is -4.63. The molecule has 1 N–H and O–H groups in total. The van der Waals surface area contributed by atoms with Gasteiger partial charge in [-0.05, 0) is 49.9 Å². The Bertz CT molecular complexity index is 1280. The fourth-order valence-electron chi connectivity index (χ4n) is 3.43. The standard InChI is InChI=1S/C22H20ClF3N2O3S3/c1-28-11-10-15(13-28)31-18-12-14(6-7-16(18)22(24,25)26)27-34(29,30)21-9-8-20(33-21)32-19-5-3-2-4-17(19)23/h2-9,12,15,27H,10-11,13H2,1H3. The number of nitrogens with one attached hydrogen (secondary N) is 1. The first-order valence-electron chi connectivity index (χ1n) is 10.1. The molecule has 3 aromatic rings. The number of ether oxygens (including phenoxy) is 1. The summed E-state index contributed by atoms with van der Waals surface area (Å²) in [5.41, 5.74) is -0.956. The van der Waals surface area contributed by atoms with Gasteiger partial charge in [-0.3, -0.25) is 4.72 Å². The van der Waals surface area contributed by atoms with Crippen molar-refractivity contribution in [2.24, 2.45) is 0 Å². The normalized spacial score (nSPS) is 17.1. The predicted molar refractivity (Wildman–Crippen MR) is 129 cm³/mol. The fourth-order valence-corrected chi connectivity index (χ4v) is 7.30. The first-order chi connectivity index (χ1) is 16.0. The van der Waals surface area contributed by atoms with E-state index in [0.29, 0.717) is 28.7 Å². The van der Waals surface area contributed by atoms with Gasteiger partial charge in [0.25, 0.3) is 10.0 Å². The second kappa shape index (κ2) is 9.98. The summed E-state index contributed by atoms with van der Waals surface area (Å²) in [7, 11) is -2.16. The number of thiophene rings is 1. The number of nitrogens with zero attached hydrogens (tertiary/aromatic N) is 1. The molecule has 1 aliphatic rings. The highest BCUT2D eigenvalue weighted by molar-refractivity contribution is 8.02. The SMILES string of the molecule is CN1CCC(Oc2cc(NS(=O)(=O)c3ccc(Sc4ccccc4Cl)s3)ccc2C(F)(F)F)C1. The Kier molecular flexibility index (Phi) is 7.39. The van der Waals surface area contributed by atoms with Crippen LogP contribution in [0.15, 0.2) is 67.9 Å². The van der Waals surface area contributed by atoms with Crippen LogP contribution in [0.25, 0.3) is 0 Å². The number of likely N-dealkylation sites (tertiary alicyclic amines) is 1. The first-order valence-corrected chi connectivity index (χ1v) is 13.6. The molecule has 2 aromatic carbocycles. The second-order valence-electron chi connectivity index (χ2n) is 7.71. The first kappa shape index (κ1) is 25.2. The molecule has 1 unspecified atom stereocenters. The monoisotopic (exact) mass is 548 g/mol. The summed E-state index contributed by atoms with van der Waals surface area (Å²) in [6.45, 7) is 1.21. The molecule has 1 aliphatic heterocycles. The topological polar surface area (TPSA) is 58.6 Å². The molecule has 182 valence electrons. The molecule has 0 bridgehead atoms. The smallest absolute Gasteiger partial charge is 0.419 e. The van der Waals surface area contributed by atoms with E-state index in [-0.39, 0.29) is 9.90 Å². The molecule has 0 spiro atoms. The van der Waals surface area contributed by atoms with Crippen molar-refractivity contribution < 1.29 is 26.3 Å². The number of alkyl halides is 3. The van der Waals surface area contributed by atoms with E-state index in [9.17, 15) is 21.6 Å². The van der Waals surface area contributed by atoms with E-state index in [1.165, 1.54) is 17.8 Å². The number of benzene rings is 2. The zero-order valence-electron chi connectivity index (χ0n) is 17.8. The Balaban J connectivity index is 1.55. The van der Waals surface area contributed by atoms with Crippen LogP contribution in [0.5, 0.6) is 5.75 Å². The van der Waals surface area contributed by atoms with E-state index in [2.05, 4.69) is 4.72 Å². The lowest BCUT2D eigenvalue weighted by molar-refractivity contribution is -0.139. The number of likely N-dealkylation sites (N-methyl/N-ethyl adjacent to an activating group) is 1. The van der Waals surface area contributed by atoms with Crippen LogP contribution in [0.2, 0.25) is 5.02 Å². The molecule has 2 heterocycles. The minimum Gasteiger partial charge on any atom is -0.488 e. The van der Waals surface area contributed by atoms with Crippen LogP contribution >= 0.6 is 34.7 Å². The average Bonchev–Trinajstić information content (AvgIpc) is 3.38. The zero-order chi connectivity index (χ0) is 24.5. The number of rotatable bonds is 7. The molecule has 1 saturated heterocycles. The van der Waals surface area contributed by atoms with Crippen molar-refractivity contribution >= 4 is 50.4 Å². The van der Waals surface area contributed by atoms with Crippen LogP contribution in [0.4, 0.5) is 18.9 Å². The Hall–Kier alpha value is -1.92.